The molecule has 1 aliphatic rings. The first-order valence-electron chi connectivity index (χ1n) is 6.65. The lowest BCUT2D eigenvalue weighted by molar-refractivity contribution is 0.103. The van der Waals surface area contributed by atoms with Crippen LogP contribution in [-0.2, 0) is 11.3 Å². The Kier molecular flexibility index (Phi) is 3.60. The van der Waals surface area contributed by atoms with Crippen LogP contribution in [0.15, 0.2) is 30.5 Å². The molecule has 0 aliphatic carbocycles. The molecule has 104 valence electrons. The SMILES string of the molecule is O=Cc1cn(Cc2ccc(F)cc2)nc1C1CCCO1. The highest BCUT2D eigenvalue weighted by Gasteiger charge is 2.23. The van der Waals surface area contributed by atoms with Gasteiger partial charge >= 0.3 is 0 Å². The van der Waals surface area contributed by atoms with Crippen LogP contribution in [0.5, 0.6) is 0 Å². The molecule has 1 unspecified atom stereocenters. The number of carbonyl (C=O) groups excluding carboxylic acids is 1. The fourth-order valence-corrected chi connectivity index (χ4v) is 2.44. The van der Waals surface area contributed by atoms with E-state index in [1.807, 2.05) is 0 Å². The minimum atomic E-state index is -0.261. The van der Waals surface area contributed by atoms with Crippen LogP contribution in [0.4, 0.5) is 4.39 Å². The van der Waals surface area contributed by atoms with Gasteiger partial charge in [-0.25, -0.2) is 4.39 Å². The number of aldehydes is 1. The molecule has 1 aliphatic heterocycles. The summed E-state index contributed by atoms with van der Waals surface area (Å²) in [5.41, 5.74) is 2.21. The van der Waals surface area contributed by atoms with Gasteiger partial charge in [-0.3, -0.25) is 9.48 Å². The number of aromatic nitrogens is 2. The number of hydrogen-bond donors (Lipinski definition) is 0. The van der Waals surface area contributed by atoms with Crippen molar-refractivity contribution >= 4 is 6.29 Å². The van der Waals surface area contributed by atoms with E-state index in [9.17, 15) is 9.18 Å². The number of halogens is 1. The van der Waals surface area contributed by atoms with Crippen molar-refractivity contribution in [2.24, 2.45) is 0 Å². The molecular formula is C15H15FN2O2. The van der Waals surface area contributed by atoms with E-state index >= 15 is 0 Å². The summed E-state index contributed by atoms with van der Waals surface area (Å²) in [6.45, 7) is 1.22. The first-order chi connectivity index (χ1) is 9.76. The van der Waals surface area contributed by atoms with E-state index in [1.165, 1.54) is 12.1 Å². The monoisotopic (exact) mass is 274 g/mol. The summed E-state index contributed by atoms with van der Waals surface area (Å²) in [4.78, 5) is 11.1. The Morgan fingerprint density at radius 3 is 2.85 bits per heavy atom. The Labute approximate surface area is 116 Å². The maximum Gasteiger partial charge on any atom is 0.153 e. The minimum absolute atomic E-state index is 0.0790. The molecule has 4 nitrogen and oxygen atoms in total. The fraction of sp³-hybridized carbons (Fsp3) is 0.333. The van der Waals surface area contributed by atoms with Crippen LogP contribution in [0.3, 0.4) is 0 Å². The van der Waals surface area contributed by atoms with Gasteiger partial charge in [0.2, 0.25) is 0 Å². The van der Waals surface area contributed by atoms with E-state index in [0.29, 0.717) is 24.4 Å². The van der Waals surface area contributed by atoms with Gasteiger partial charge in [-0.2, -0.15) is 5.10 Å². The molecule has 0 spiro atoms. The molecule has 3 rings (SSSR count). The van der Waals surface area contributed by atoms with Gasteiger partial charge in [0.05, 0.1) is 12.1 Å². The molecular weight excluding hydrogens is 259 g/mol. The standard InChI is InChI=1S/C15H15FN2O2/c16-13-5-3-11(4-6-13)8-18-9-12(10-19)15(17-18)14-2-1-7-20-14/h3-6,9-10,14H,1-2,7-8H2. The zero-order chi connectivity index (χ0) is 13.9. The predicted octanol–water partition coefficient (Wildman–Crippen LogP) is 2.73. The molecule has 0 N–H and O–H groups in total. The highest BCUT2D eigenvalue weighted by atomic mass is 19.1. The smallest absolute Gasteiger partial charge is 0.153 e. The van der Waals surface area contributed by atoms with Crippen molar-refractivity contribution in [3.63, 3.8) is 0 Å². The number of hydrogen-bond acceptors (Lipinski definition) is 3. The van der Waals surface area contributed by atoms with Gasteiger partial charge in [0.1, 0.15) is 17.6 Å². The van der Waals surface area contributed by atoms with Crippen molar-refractivity contribution < 1.29 is 13.9 Å². The van der Waals surface area contributed by atoms with Gasteiger partial charge in [0.15, 0.2) is 6.29 Å². The molecule has 1 aromatic heterocycles. The Hall–Kier alpha value is -2.01. The summed E-state index contributed by atoms with van der Waals surface area (Å²) in [5, 5.41) is 4.45. The highest BCUT2D eigenvalue weighted by Crippen LogP contribution is 2.29. The summed E-state index contributed by atoms with van der Waals surface area (Å²) in [5.74, 6) is -0.261. The molecule has 1 fully saturated rings. The van der Waals surface area contributed by atoms with E-state index in [-0.39, 0.29) is 11.9 Å². The molecule has 0 bridgehead atoms. The third-order valence-corrected chi connectivity index (χ3v) is 3.44. The van der Waals surface area contributed by atoms with Crippen LogP contribution in [0.25, 0.3) is 0 Å². The van der Waals surface area contributed by atoms with E-state index in [2.05, 4.69) is 5.10 Å². The number of carbonyl (C=O) groups is 1. The van der Waals surface area contributed by atoms with E-state index in [0.717, 1.165) is 24.7 Å². The van der Waals surface area contributed by atoms with Gasteiger partial charge in [-0.15, -0.1) is 0 Å². The van der Waals surface area contributed by atoms with Crippen molar-refractivity contribution in [3.05, 3.63) is 53.1 Å². The molecule has 5 heteroatoms. The molecule has 1 saturated heterocycles. The van der Waals surface area contributed by atoms with E-state index in [4.69, 9.17) is 4.74 Å². The number of nitrogens with zero attached hydrogens (tertiary/aromatic N) is 2. The first-order valence-corrected chi connectivity index (χ1v) is 6.65. The van der Waals surface area contributed by atoms with Crippen molar-refractivity contribution in [2.75, 3.05) is 6.61 Å². The number of ether oxygens (including phenoxy) is 1. The van der Waals surface area contributed by atoms with E-state index < -0.39 is 0 Å². The molecule has 1 atom stereocenters. The summed E-state index contributed by atoms with van der Waals surface area (Å²) < 4.78 is 20.1. The average molecular weight is 274 g/mol. The van der Waals surface area contributed by atoms with Crippen LogP contribution in [-0.4, -0.2) is 22.7 Å². The first kappa shape index (κ1) is 13.0. The lowest BCUT2D eigenvalue weighted by atomic mass is 10.1. The maximum absolute atomic E-state index is 12.9. The van der Waals surface area contributed by atoms with Crippen LogP contribution >= 0.6 is 0 Å². The van der Waals surface area contributed by atoms with Crippen molar-refractivity contribution in [2.45, 2.75) is 25.5 Å². The van der Waals surface area contributed by atoms with Crippen LogP contribution in [0, 0.1) is 5.82 Å². The summed E-state index contributed by atoms with van der Waals surface area (Å²) >= 11 is 0. The molecule has 20 heavy (non-hydrogen) atoms. The molecule has 0 saturated carbocycles. The second kappa shape index (κ2) is 5.54. The average Bonchev–Trinajstić information content (AvgIpc) is 3.10. The lowest BCUT2D eigenvalue weighted by Gasteiger charge is -2.06. The highest BCUT2D eigenvalue weighted by molar-refractivity contribution is 5.76. The molecule has 0 radical (unpaired) electrons. The van der Waals surface area contributed by atoms with Gasteiger partial charge in [0, 0.05) is 12.8 Å². The van der Waals surface area contributed by atoms with Crippen LogP contribution < -0.4 is 0 Å². The summed E-state index contributed by atoms with van der Waals surface area (Å²) in [6.07, 6.45) is 4.34. The summed E-state index contributed by atoms with van der Waals surface area (Å²) in [7, 11) is 0. The Bertz CT molecular complexity index is 601. The van der Waals surface area contributed by atoms with Crippen molar-refractivity contribution in [3.8, 4) is 0 Å². The molecule has 0 amide bonds. The third-order valence-electron chi connectivity index (χ3n) is 3.44. The third kappa shape index (κ3) is 2.63. The molecule has 2 aromatic rings. The lowest BCUT2D eigenvalue weighted by Crippen LogP contribution is -2.04. The van der Waals surface area contributed by atoms with Crippen LogP contribution in [0.2, 0.25) is 0 Å². The van der Waals surface area contributed by atoms with Gasteiger partial charge in [0.25, 0.3) is 0 Å². The fourth-order valence-electron chi connectivity index (χ4n) is 2.44. The quantitative estimate of drug-likeness (QED) is 0.805. The minimum Gasteiger partial charge on any atom is -0.372 e. The predicted molar refractivity (Wildman–Crippen MR) is 71.0 cm³/mol. The van der Waals surface area contributed by atoms with Crippen molar-refractivity contribution in [1.29, 1.82) is 0 Å². The second-order valence-electron chi connectivity index (χ2n) is 4.91. The summed E-state index contributed by atoms with van der Waals surface area (Å²) in [6, 6.07) is 6.26. The largest absolute Gasteiger partial charge is 0.372 e. The van der Waals surface area contributed by atoms with Gasteiger partial charge in [-0.05, 0) is 30.5 Å². The van der Waals surface area contributed by atoms with Crippen LogP contribution in [0.1, 0.15) is 40.6 Å². The topological polar surface area (TPSA) is 44.1 Å². The zero-order valence-electron chi connectivity index (χ0n) is 11.0. The maximum atomic E-state index is 12.9. The van der Waals surface area contributed by atoms with E-state index in [1.54, 1.807) is 23.0 Å². The number of benzene rings is 1. The zero-order valence-corrected chi connectivity index (χ0v) is 11.0. The van der Waals surface area contributed by atoms with Gasteiger partial charge in [-0.1, -0.05) is 12.1 Å². The Balaban J connectivity index is 1.83. The molecule has 1 aromatic carbocycles. The number of rotatable bonds is 4. The Morgan fingerprint density at radius 1 is 1.40 bits per heavy atom. The van der Waals surface area contributed by atoms with Gasteiger partial charge < -0.3 is 4.74 Å². The Morgan fingerprint density at radius 2 is 2.20 bits per heavy atom. The second-order valence-corrected chi connectivity index (χ2v) is 4.91. The normalized spacial score (nSPS) is 18.4. The van der Waals surface area contributed by atoms with Crippen molar-refractivity contribution in [1.82, 2.24) is 9.78 Å². The molecule has 2 heterocycles.